The Morgan fingerprint density at radius 2 is 1.89 bits per heavy atom. The zero-order valence-electron chi connectivity index (χ0n) is 14.6. The molecule has 0 unspecified atom stereocenters. The SMILES string of the molecule is FC(F)(F)Oc1cccc(Nc2nnnc3ccc(N4CCNCC4)nc23)c1. The van der Waals surface area contributed by atoms with Crippen LogP contribution in [0.2, 0.25) is 0 Å². The summed E-state index contributed by atoms with van der Waals surface area (Å²) in [7, 11) is 0. The van der Waals surface area contributed by atoms with Crippen LogP contribution in [0.3, 0.4) is 0 Å². The minimum Gasteiger partial charge on any atom is -0.406 e. The lowest BCUT2D eigenvalue weighted by Crippen LogP contribution is -2.43. The molecule has 2 N–H and O–H groups in total. The maximum atomic E-state index is 12.4. The second-order valence-corrected chi connectivity index (χ2v) is 6.11. The van der Waals surface area contributed by atoms with Crippen molar-refractivity contribution in [3.05, 3.63) is 36.4 Å². The van der Waals surface area contributed by atoms with E-state index in [-0.39, 0.29) is 5.75 Å². The molecule has 3 aromatic rings. The van der Waals surface area contributed by atoms with Crippen LogP contribution in [-0.2, 0) is 0 Å². The van der Waals surface area contributed by atoms with Gasteiger partial charge >= 0.3 is 6.36 Å². The molecule has 2 aromatic heterocycles. The fourth-order valence-corrected chi connectivity index (χ4v) is 2.92. The van der Waals surface area contributed by atoms with E-state index < -0.39 is 6.36 Å². The highest BCUT2D eigenvalue weighted by molar-refractivity contribution is 5.87. The number of nitrogens with zero attached hydrogens (tertiary/aromatic N) is 5. The van der Waals surface area contributed by atoms with Crippen molar-refractivity contribution in [3.63, 3.8) is 0 Å². The first-order valence-corrected chi connectivity index (χ1v) is 8.56. The molecule has 146 valence electrons. The van der Waals surface area contributed by atoms with Gasteiger partial charge in [-0.05, 0) is 29.5 Å². The largest absolute Gasteiger partial charge is 0.573 e. The minimum absolute atomic E-state index is 0.297. The van der Waals surface area contributed by atoms with Gasteiger partial charge in [-0.2, -0.15) is 0 Å². The fourth-order valence-electron chi connectivity index (χ4n) is 2.92. The molecule has 8 nitrogen and oxygen atoms in total. The number of nitrogens with one attached hydrogen (secondary N) is 2. The number of fused-ring (bicyclic) bond motifs is 1. The van der Waals surface area contributed by atoms with Gasteiger partial charge in [-0.15, -0.1) is 23.4 Å². The molecule has 0 bridgehead atoms. The number of anilines is 3. The number of pyridine rings is 1. The topological polar surface area (TPSA) is 88.1 Å². The van der Waals surface area contributed by atoms with Gasteiger partial charge in [0.1, 0.15) is 22.6 Å². The van der Waals surface area contributed by atoms with Crippen molar-refractivity contribution in [1.29, 1.82) is 0 Å². The van der Waals surface area contributed by atoms with E-state index in [1.807, 2.05) is 6.07 Å². The molecule has 0 saturated carbocycles. The molecule has 1 saturated heterocycles. The molecule has 1 fully saturated rings. The Morgan fingerprint density at radius 3 is 2.68 bits per heavy atom. The number of aromatic nitrogens is 4. The van der Waals surface area contributed by atoms with Gasteiger partial charge in [0, 0.05) is 37.9 Å². The van der Waals surface area contributed by atoms with Crippen molar-refractivity contribution in [2.45, 2.75) is 6.36 Å². The predicted octanol–water partition coefficient (Wildman–Crippen LogP) is 2.47. The van der Waals surface area contributed by atoms with Gasteiger partial charge in [-0.1, -0.05) is 6.07 Å². The van der Waals surface area contributed by atoms with E-state index in [4.69, 9.17) is 0 Å². The van der Waals surface area contributed by atoms with Crippen molar-refractivity contribution >= 4 is 28.4 Å². The summed E-state index contributed by atoms with van der Waals surface area (Å²) in [5, 5.41) is 17.9. The molecule has 4 rings (SSSR count). The first-order valence-electron chi connectivity index (χ1n) is 8.56. The Kier molecular flexibility index (Phi) is 4.82. The number of hydrogen-bond donors (Lipinski definition) is 2. The van der Waals surface area contributed by atoms with E-state index in [1.165, 1.54) is 18.2 Å². The molecule has 0 spiro atoms. The monoisotopic (exact) mass is 391 g/mol. The molecule has 1 aromatic carbocycles. The van der Waals surface area contributed by atoms with Crippen molar-refractivity contribution in [3.8, 4) is 5.75 Å². The number of halogens is 3. The first-order chi connectivity index (χ1) is 13.5. The Bertz CT molecular complexity index is 976. The summed E-state index contributed by atoms with van der Waals surface area (Å²) >= 11 is 0. The molecule has 1 aliphatic rings. The zero-order chi connectivity index (χ0) is 19.6. The highest BCUT2D eigenvalue weighted by atomic mass is 19.4. The smallest absolute Gasteiger partial charge is 0.406 e. The van der Waals surface area contributed by atoms with Crippen LogP contribution < -0.4 is 20.3 Å². The normalized spacial score (nSPS) is 14.9. The predicted molar refractivity (Wildman–Crippen MR) is 96.6 cm³/mol. The molecule has 28 heavy (non-hydrogen) atoms. The van der Waals surface area contributed by atoms with E-state index in [0.717, 1.165) is 32.0 Å². The fraction of sp³-hybridized carbons (Fsp3) is 0.294. The number of alkyl halides is 3. The molecule has 0 aliphatic carbocycles. The molecular weight excluding hydrogens is 375 g/mol. The molecule has 3 heterocycles. The standard InChI is InChI=1S/C17H16F3N7O/c18-17(19,20)28-12-3-1-2-11(10-12)22-16-15-13(24-26-25-16)4-5-14(23-15)27-8-6-21-7-9-27/h1-5,10,21H,6-9H2,(H,22,24,25). The first kappa shape index (κ1) is 18.2. The van der Waals surface area contributed by atoms with Crippen LogP contribution >= 0.6 is 0 Å². The summed E-state index contributed by atoms with van der Waals surface area (Å²) < 4.78 is 41.3. The highest BCUT2D eigenvalue weighted by Crippen LogP contribution is 2.28. The molecule has 1 aliphatic heterocycles. The lowest BCUT2D eigenvalue weighted by Gasteiger charge is -2.28. The van der Waals surface area contributed by atoms with Gasteiger partial charge in [0.05, 0.1) is 0 Å². The van der Waals surface area contributed by atoms with Gasteiger partial charge in [0.15, 0.2) is 5.82 Å². The summed E-state index contributed by atoms with van der Waals surface area (Å²) in [5.41, 5.74) is 1.37. The van der Waals surface area contributed by atoms with Crippen molar-refractivity contribution in [2.24, 2.45) is 0 Å². The van der Waals surface area contributed by atoms with Crippen LogP contribution in [-0.4, -0.2) is 52.9 Å². The van der Waals surface area contributed by atoms with Crippen LogP contribution in [0.5, 0.6) is 5.75 Å². The van der Waals surface area contributed by atoms with Crippen LogP contribution in [0.25, 0.3) is 11.0 Å². The van der Waals surface area contributed by atoms with Crippen molar-refractivity contribution in [2.75, 3.05) is 36.4 Å². The average molecular weight is 391 g/mol. The third kappa shape index (κ3) is 4.19. The number of benzene rings is 1. The Hall–Kier alpha value is -3.21. The highest BCUT2D eigenvalue weighted by Gasteiger charge is 2.31. The Morgan fingerprint density at radius 1 is 1.07 bits per heavy atom. The minimum atomic E-state index is -4.76. The third-order valence-corrected chi connectivity index (χ3v) is 4.15. The van der Waals surface area contributed by atoms with E-state index in [0.29, 0.717) is 22.5 Å². The van der Waals surface area contributed by atoms with Gasteiger partial charge in [-0.25, -0.2) is 4.98 Å². The van der Waals surface area contributed by atoms with E-state index in [1.54, 1.807) is 12.1 Å². The van der Waals surface area contributed by atoms with Crippen molar-refractivity contribution in [1.82, 2.24) is 25.7 Å². The second kappa shape index (κ2) is 7.43. The number of hydrogen-bond acceptors (Lipinski definition) is 8. The van der Waals surface area contributed by atoms with Gasteiger partial charge in [0.2, 0.25) is 0 Å². The molecule has 0 radical (unpaired) electrons. The Labute approximate surface area is 157 Å². The second-order valence-electron chi connectivity index (χ2n) is 6.11. The van der Waals surface area contributed by atoms with Crippen LogP contribution in [0.15, 0.2) is 36.4 Å². The number of piperazine rings is 1. The maximum absolute atomic E-state index is 12.4. The molecule has 11 heteroatoms. The molecule has 0 atom stereocenters. The number of rotatable bonds is 4. The van der Waals surface area contributed by atoms with Gasteiger partial charge in [-0.3, -0.25) is 0 Å². The summed E-state index contributed by atoms with van der Waals surface area (Å²) in [6.45, 7) is 3.38. The van der Waals surface area contributed by atoms with Crippen molar-refractivity contribution < 1.29 is 17.9 Å². The summed E-state index contributed by atoms with van der Waals surface area (Å²) in [6, 6.07) is 9.14. The Balaban J connectivity index is 1.64. The molecule has 0 amide bonds. The zero-order valence-corrected chi connectivity index (χ0v) is 14.6. The van der Waals surface area contributed by atoms with Gasteiger partial charge < -0.3 is 20.3 Å². The average Bonchev–Trinajstić information content (AvgIpc) is 2.68. The number of ether oxygens (including phenoxy) is 1. The lowest BCUT2D eigenvalue weighted by atomic mass is 10.2. The lowest BCUT2D eigenvalue weighted by molar-refractivity contribution is -0.274. The van der Waals surface area contributed by atoms with E-state index >= 15 is 0 Å². The van der Waals surface area contributed by atoms with E-state index in [9.17, 15) is 13.2 Å². The third-order valence-electron chi connectivity index (χ3n) is 4.15. The van der Waals surface area contributed by atoms with Gasteiger partial charge in [0.25, 0.3) is 0 Å². The van der Waals surface area contributed by atoms with Crippen LogP contribution in [0, 0.1) is 0 Å². The summed E-state index contributed by atoms with van der Waals surface area (Å²) in [4.78, 5) is 6.77. The summed E-state index contributed by atoms with van der Waals surface area (Å²) in [5.74, 6) is 0.741. The quantitative estimate of drug-likeness (QED) is 0.701. The van der Waals surface area contributed by atoms with E-state index in [2.05, 4.69) is 40.7 Å². The van der Waals surface area contributed by atoms with Crippen LogP contribution in [0.4, 0.5) is 30.5 Å². The maximum Gasteiger partial charge on any atom is 0.573 e. The van der Waals surface area contributed by atoms with Crippen LogP contribution in [0.1, 0.15) is 0 Å². The molecular formula is C17H16F3N7O. The summed E-state index contributed by atoms with van der Waals surface area (Å²) in [6.07, 6.45) is -4.76.